The minimum atomic E-state index is 0.589. The van der Waals surface area contributed by atoms with E-state index >= 15 is 0 Å². The van der Waals surface area contributed by atoms with Crippen LogP contribution in [-0.2, 0) is 6.54 Å². The minimum Gasteiger partial charge on any atom is -0.316 e. The molecule has 2 saturated heterocycles. The number of benzene rings is 1. The predicted molar refractivity (Wildman–Crippen MR) is 74.0 cm³/mol. The van der Waals surface area contributed by atoms with Crippen LogP contribution in [-0.4, -0.2) is 31.1 Å². The van der Waals surface area contributed by atoms with Gasteiger partial charge in [-0.15, -0.1) is 0 Å². The second-order valence-electron chi connectivity index (χ2n) is 5.52. The third-order valence-corrected chi connectivity index (χ3v) is 4.64. The van der Waals surface area contributed by atoms with Crippen molar-refractivity contribution in [1.82, 2.24) is 10.2 Å². The highest BCUT2D eigenvalue weighted by Gasteiger charge is 2.39. The number of rotatable bonds is 2. The molecule has 1 aromatic rings. The largest absolute Gasteiger partial charge is 0.316 e. The van der Waals surface area contributed by atoms with Crippen molar-refractivity contribution in [3.63, 3.8) is 0 Å². The molecule has 1 spiro atoms. The molecule has 2 aliphatic rings. The normalized spacial score (nSPS) is 29.2. The molecular formula is C14H19BrN2. The van der Waals surface area contributed by atoms with Crippen LogP contribution in [0.4, 0.5) is 0 Å². The molecule has 0 saturated carbocycles. The Morgan fingerprint density at radius 2 is 2.29 bits per heavy atom. The van der Waals surface area contributed by atoms with Crippen molar-refractivity contribution < 1.29 is 0 Å². The number of halogens is 1. The van der Waals surface area contributed by atoms with Gasteiger partial charge in [0, 0.05) is 24.1 Å². The number of nitrogens with zero attached hydrogens (tertiary/aromatic N) is 1. The molecule has 0 bridgehead atoms. The topological polar surface area (TPSA) is 15.3 Å². The molecule has 0 amide bonds. The monoisotopic (exact) mass is 294 g/mol. The van der Waals surface area contributed by atoms with Crippen LogP contribution >= 0.6 is 15.9 Å². The molecule has 92 valence electrons. The van der Waals surface area contributed by atoms with Crippen molar-refractivity contribution >= 4 is 15.9 Å². The zero-order valence-electron chi connectivity index (χ0n) is 10.1. The van der Waals surface area contributed by atoms with E-state index in [1.165, 1.54) is 49.1 Å². The molecule has 17 heavy (non-hydrogen) atoms. The van der Waals surface area contributed by atoms with Crippen molar-refractivity contribution in [2.24, 2.45) is 5.41 Å². The fraction of sp³-hybridized carbons (Fsp3) is 0.571. The summed E-state index contributed by atoms with van der Waals surface area (Å²) >= 11 is 3.54. The van der Waals surface area contributed by atoms with Gasteiger partial charge in [-0.1, -0.05) is 28.1 Å². The van der Waals surface area contributed by atoms with E-state index in [1.54, 1.807) is 0 Å². The Hall–Kier alpha value is -0.380. The Bertz CT molecular complexity index is 399. The van der Waals surface area contributed by atoms with Crippen molar-refractivity contribution in [3.05, 3.63) is 34.3 Å². The highest BCUT2D eigenvalue weighted by atomic mass is 79.9. The van der Waals surface area contributed by atoms with E-state index in [4.69, 9.17) is 0 Å². The first-order chi connectivity index (χ1) is 8.26. The maximum Gasteiger partial charge on any atom is 0.0234 e. The number of likely N-dealkylation sites (tertiary alicyclic amines) is 1. The SMILES string of the molecule is Brc1cccc(CN2CCC3(CCNC3)C2)c1. The first-order valence-corrected chi connectivity index (χ1v) is 7.23. The van der Waals surface area contributed by atoms with Crippen molar-refractivity contribution in [3.8, 4) is 0 Å². The van der Waals surface area contributed by atoms with Crippen molar-refractivity contribution in [1.29, 1.82) is 0 Å². The molecular weight excluding hydrogens is 276 g/mol. The lowest BCUT2D eigenvalue weighted by atomic mass is 9.87. The molecule has 1 N–H and O–H groups in total. The van der Waals surface area contributed by atoms with E-state index in [9.17, 15) is 0 Å². The average Bonchev–Trinajstić information content (AvgIpc) is 2.90. The third kappa shape index (κ3) is 2.56. The Balaban J connectivity index is 1.64. The number of hydrogen-bond acceptors (Lipinski definition) is 2. The third-order valence-electron chi connectivity index (χ3n) is 4.14. The average molecular weight is 295 g/mol. The van der Waals surface area contributed by atoms with Crippen LogP contribution in [0.5, 0.6) is 0 Å². The smallest absolute Gasteiger partial charge is 0.0234 e. The van der Waals surface area contributed by atoms with Gasteiger partial charge in [-0.25, -0.2) is 0 Å². The van der Waals surface area contributed by atoms with Crippen LogP contribution in [0.15, 0.2) is 28.7 Å². The molecule has 2 heterocycles. The number of hydrogen-bond donors (Lipinski definition) is 1. The van der Waals surface area contributed by atoms with Crippen LogP contribution in [0, 0.1) is 5.41 Å². The molecule has 2 aliphatic heterocycles. The Morgan fingerprint density at radius 1 is 1.35 bits per heavy atom. The highest BCUT2D eigenvalue weighted by Crippen LogP contribution is 2.36. The summed E-state index contributed by atoms with van der Waals surface area (Å²) < 4.78 is 1.19. The fourth-order valence-corrected chi connectivity index (χ4v) is 3.65. The summed E-state index contributed by atoms with van der Waals surface area (Å²) in [6, 6.07) is 8.68. The molecule has 1 unspecified atom stereocenters. The van der Waals surface area contributed by atoms with Gasteiger partial charge < -0.3 is 5.32 Å². The zero-order valence-corrected chi connectivity index (χ0v) is 11.7. The van der Waals surface area contributed by atoms with Crippen molar-refractivity contribution in [2.45, 2.75) is 19.4 Å². The zero-order chi connectivity index (χ0) is 11.7. The summed E-state index contributed by atoms with van der Waals surface area (Å²) in [4.78, 5) is 2.61. The quantitative estimate of drug-likeness (QED) is 0.902. The second-order valence-corrected chi connectivity index (χ2v) is 6.43. The Labute approximate surface area is 112 Å². The molecule has 3 rings (SSSR count). The van der Waals surface area contributed by atoms with Gasteiger partial charge in [0.05, 0.1) is 0 Å². The lowest BCUT2D eigenvalue weighted by Crippen LogP contribution is -2.28. The van der Waals surface area contributed by atoms with E-state index < -0.39 is 0 Å². The van der Waals surface area contributed by atoms with Gasteiger partial charge in [-0.05, 0) is 49.0 Å². The molecule has 1 aromatic carbocycles. The van der Waals surface area contributed by atoms with Crippen LogP contribution in [0.1, 0.15) is 18.4 Å². The van der Waals surface area contributed by atoms with E-state index in [0.717, 1.165) is 6.54 Å². The van der Waals surface area contributed by atoms with Crippen molar-refractivity contribution in [2.75, 3.05) is 26.2 Å². The summed E-state index contributed by atoms with van der Waals surface area (Å²) in [6.45, 7) is 6.06. The Morgan fingerprint density at radius 3 is 3.06 bits per heavy atom. The maximum atomic E-state index is 3.54. The van der Waals surface area contributed by atoms with Crippen LogP contribution < -0.4 is 5.32 Å². The van der Waals surface area contributed by atoms with Gasteiger partial charge in [0.2, 0.25) is 0 Å². The molecule has 2 nitrogen and oxygen atoms in total. The summed E-state index contributed by atoms with van der Waals surface area (Å²) in [5, 5.41) is 3.51. The van der Waals surface area contributed by atoms with E-state index in [0.29, 0.717) is 5.41 Å². The minimum absolute atomic E-state index is 0.589. The fourth-order valence-electron chi connectivity index (χ4n) is 3.20. The first-order valence-electron chi connectivity index (χ1n) is 6.43. The summed E-state index contributed by atoms with van der Waals surface area (Å²) in [7, 11) is 0. The second kappa shape index (κ2) is 4.71. The molecule has 3 heteroatoms. The lowest BCUT2D eigenvalue weighted by molar-refractivity contribution is 0.268. The van der Waals surface area contributed by atoms with Gasteiger partial charge in [-0.3, -0.25) is 4.90 Å². The van der Waals surface area contributed by atoms with Crippen LogP contribution in [0.3, 0.4) is 0 Å². The van der Waals surface area contributed by atoms with Gasteiger partial charge in [-0.2, -0.15) is 0 Å². The summed E-state index contributed by atoms with van der Waals surface area (Å²) in [6.07, 6.45) is 2.73. The molecule has 1 atom stereocenters. The Kier molecular flexibility index (Phi) is 3.24. The van der Waals surface area contributed by atoms with Gasteiger partial charge in [0.15, 0.2) is 0 Å². The molecule has 2 fully saturated rings. The van der Waals surface area contributed by atoms with E-state index in [-0.39, 0.29) is 0 Å². The molecule has 0 radical (unpaired) electrons. The standard InChI is InChI=1S/C14H19BrN2/c15-13-3-1-2-12(8-13)9-17-7-5-14(11-17)4-6-16-10-14/h1-3,8,16H,4-7,9-11H2. The highest BCUT2D eigenvalue weighted by molar-refractivity contribution is 9.10. The van der Waals surface area contributed by atoms with E-state index in [2.05, 4.69) is 50.4 Å². The maximum absolute atomic E-state index is 3.54. The van der Waals surface area contributed by atoms with Crippen LogP contribution in [0.25, 0.3) is 0 Å². The summed E-state index contributed by atoms with van der Waals surface area (Å²) in [5.41, 5.74) is 2.01. The lowest BCUT2D eigenvalue weighted by Gasteiger charge is -2.22. The van der Waals surface area contributed by atoms with Crippen LogP contribution in [0.2, 0.25) is 0 Å². The molecule has 0 aromatic heterocycles. The van der Waals surface area contributed by atoms with E-state index in [1.807, 2.05) is 0 Å². The van der Waals surface area contributed by atoms with Gasteiger partial charge >= 0.3 is 0 Å². The molecule has 0 aliphatic carbocycles. The first kappa shape index (κ1) is 11.7. The number of nitrogens with one attached hydrogen (secondary N) is 1. The predicted octanol–water partition coefficient (Wildman–Crippen LogP) is 2.63. The van der Waals surface area contributed by atoms with Gasteiger partial charge in [0.1, 0.15) is 0 Å². The van der Waals surface area contributed by atoms with Gasteiger partial charge in [0.25, 0.3) is 0 Å². The summed E-state index contributed by atoms with van der Waals surface area (Å²) in [5.74, 6) is 0.